The highest BCUT2D eigenvalue weighted by atomic mass is 16.4. The van der Waals surface area contributed by atoms with Gasteiger partial charge in [0.15, 0.2) is 0 Å². The predicted molar refractivity (Wildman–Crippen MR) is 114 cm³/mol. The van der Waals surface area contributed by atoms with Crippen LogP contribution in [0.1, 0.15) is 31.7 Å². The van der Waals surface area contributed by atoms with Crippen molar-refractivity contribution in [1.29, 1.82) is 0 Å². The summed E-state index contributed by atoms with van der Waals surface area (Å²) in [5, 5.41) is 12.2. The maximum atomic E-state index is 12.8. The molecule has 0 unspecified atom stereocenters. The number of piperidine rings is 1. The van der Waals surface area contributed by atoms with E-state index in [-0.39, 0.29) is 18.4 Å². The SMILES string of the molecule is CCc1ccc(NC(=O)N2CC[C@H](N3CCN(C)CC3)[C@H](CCC(=O)O)C2)cc1. The summed E-state index contributed by atoms with van der Waals surface area (Å²) < 4.78 is 0. The van der Waals surface area contributed by atoms with E-state index in [0.29, 0.717) is 25.6 Å². The third-order valence-corrected chi connectivity index (χ3v) is 6.33. The summed E-state index contributed by atoms with van der Waals surface area (Å²) in [4.78, 5) is 30.7. The van der Waals surface area contributed by atoms with Crippen LogP contribution < -0.4 is 5.32 Å². The van der Waals surface area contributed by atoms with Gasteiger partial charge in [-0.2, -0.15) is 0 Å². The normalized spacial score (nSPS) is 23.7. The zero-order valence-corrected chi connectivity index (χ0v) is 17.6. The highest BCUT2D eigenvalue weighted by Crippen LogP contribution is 2.27. The standard InChI is InChI=1S/C22H34N4O3/c1-3-17-4-7-19(8-5-17)23-22(29)26-11-10-20(18(16-26)6-9-21(27)28)25-14-12-24(2)13-15-25/h4-5,7-8,18,20H,3,6,9-16H2,1-2H3,(H,23,29)(H,27,28)/t18-,20+/m1/s1. The Hall–Kier alpha value is -2.12. The summed E-state index contributed by atoms with van der Waals surface area (Å²) in [5.74, 6) is -0.573. The van der Waals surface area contributed by atoms with Crippen molar-refractivity contribution in [2.45, 2.75) is 38.6 Å². The highest BCUT2D eigenvalue weighted by molar-refractivity contribution is 5.89. The van der Waals surface area contributed by atoms with Gasteiger partial charge in [-0.15, -0.1) is 0 Å². The number of likely N-dealkylation sites (N-methyl/N-ethyl adjacent to an activating group) is 1. The van der Waals surface area contributed by atoms with E-state index in [4.69, 9.17) is 0 Å². The third kappa shape index (κ3) is 5.93. The Morgan fingerprint density at radius 2 is 1.79 bits per heavy atom. The number of anilines is 1. The molecule has 3 rings (SSSR count). The molecule has 2 heterocycles. The lowest BCUT2D eigenvalue weighted by molar-refractivity contribution is -0.137. The molecule has 0 radical (unpaired) electrons. The number of amides is 2. The van der Waals surface area contributed by atoms with Crippen molar-refractivity contribution >= 4 is 17.7 Å². The molecular weight excluding hydrogens is 368 g/mol. The van der Waals surface area contributed by atoms with Crippen LogP contribution in [0.4, 0.5) is 10.5 Å². The number of aryl methyl sites for hydroxylation is 1. The number of carbonyl (C=O) groups excluding carboxylic acids is 1. The molecule has 29 heavy (non-hydrogen) atoms. The fourth-order valence-electron chi connectivity index (χ4n) is 4.46. The summed E-state index contributed by atoms with van der Waals surface area (Å²) in [6, 6.07) is 8.21. The number of piperazine rings is 1. The number of nitrogens with zero attached hydrogens (tertiary/aromatic N) is 3. The Balaban J connectivity index is 1.62. The zero-order valence-electron chi connectivity index (χ0n) is 17.6. The van der Waals surface area contributed by atoms with Gasteiger partial charge in [0.05, 0.1) is 0 Å². The third-order valence-electron chi connectivity index (χ3n) is 6.33. The van der Waals surface area contributed by atoms with Gasteiger partial charge >= 0.3 is 12.0 Å². The number of carbonyl (C=O) groups is 2. The van der Waals surface area contributed by atoms with Crippen molar-refractivity contribution in [2.75, 3.05) is 51.6 Å². The van der Waals surface area contributed by atoms with Gasteiger partial charge in [-0.1, -0.05) is 19.1 Å². The molecule has 2 saturated heterocycles. The van der Waals surface area contributed by atoms with Gasteiger partial charge in [0, 0.05) is 57.4 Å². The summed E-state index contributed by atoms with van der Waals surface area (Å²) in [6.07, 6.45) is 2.64. The summed E-state index contributed by atoms with van der Waals surface area (Å²) in [5.41, 5.74) is 2.04. The molecule has 2 amide bonds. The van der Waals surface area contributed by atoms with Crippen LogP contribution in [0, 0.1) is 5.92 Å². The molecule has 2 aliphatic rings. The Morgan fingerprint density at radius 3 is 2.41 bits per heavy atom. The van der Waals surface area contributed by atoms with Gasteiger partial charge < -0.3 is 20.2 Å². The minimum atomic E-state index is -0.764. The second kappa shape index (κ2) is 10.1. The maximum absolute atomic E-state index is 12.8. The minimum Gasteiger partial charge on any atom is -0.481 e. The second-order valence-corrected chi connectivity index (χ2v) is 8.31. The largest absolute Gasteiger partial charge is 0.481 e. The minimum absolute atomic E-state index is 0.0913. The predicted octanol–water partition coefficient (Wildman–Crippen LogP) is 2.58. The van der Waals surface area contributed by atoms with Crippen molar-refractivity contribution in [1.82, 2.24) is 14.7 Å². The summed E-state index contributed by atoms with van der Waals surface area (Å²) >= 11 is 0. The van der Waals surface area contributed by atoms with Crippen LogP contribution in [0.5, 0.6) is 0 Å². The van der Waals surface area contributed by atoms with Crippen LogP contribution in [0.2, 0.25) is 0 Å². The van der Waals surface area contributed by atoms with Crippen molar-refractivity contribution in [2.24, 2.45) is 5.92 Å². The highest BCUT2D eigenvalue weighted by Gasteiger charge is 2.36. The smallest absolute Gasteiger partial charge is 0.321 e. The van der Waals surface area contributed by atoms with Crippen LogP contribution >= 0.6 is 0 Å². The second-order valence-electron chi connectivity index (χ2n) is 8.31. The molecule has 0 saturated carbocycles. The molecule has 2 fully saturated rings. The Labute approximate surface area is 173 Å². The number of benzene rings is 1. The van der Waals surface area contributed by atoms with Gasteiger partial charge in [0.25, 0.3) is 0 Å². The van der Waals surface area contributed by atoms with Crippen molar-refractivity contribution in [3.05, 3.63) is 29.8 Å². The van der Waals surface area contributed by atoms with Gasteiger partial charge in [-0.05, 0) is 49.9 Å². The molecule has 0 aromatic heterocycles. The van der Waals surface area contributed by atoms with Crippen molar-refractivity contribution in [3.8, 4) is 0 Å². The lowest BCUT2D eigenvalue weighted by Gasteiger charge is -2.46. The first-order chi connectivity index (χ1) is 14.0. The number of hydrogen-bond acceptors (Lipinski definition) is 4. The topological polar surface area (TPSA) is 76.1 Å². The molecular formula is C22H34N4O3. The number of likely N-dealkylation sites (tertiary alicyclic amines) is 1. The number of aliphatic carboxylic acids is 1. The van der Waals surface area contributed by atoms with E-state index in [1.165, 1.54) is 5.56 Å². The quantitative estimate of drug-likeness (QED) is 0.765. The van der Waals surface area contributed by atoms with Gasteiger partial charge in [0.1, 0.15) is 0 Å². The Kier molecular flexibility index (Phi) is 7.50. The first-order valence-electron chi connectivity index (χ1n) is 10.8. The molecule has 0 spiro atoms. The zero-order chi connectivity index (χ0) is 20.8. The molecule has 7 heteroatoms. The fraction of sp³-hybridized carbons (Fsp3) is 0.636. The first kappa shape index (κ1) is 21.6. The molecule has 1 aromatic carbocycles. The number of nitrogens with one attached hydrogen (secondary N) is 1. The maximum Gasteiger partial charge on any atom is 0.321 e. The fourth-order valence-corrected chi connectivity index (χ4v) is 4.46. The lowest BCUT2D eigenvalue weighted by atomic mass is 9.86. The number of hydrogen-bond donors (Lipinski definition) is 2. The molecule has 0 aliphatic carbocycles. The monoisotopic (exact) mass is 402 g/mol. The van der Waals surface area contributed by atoms with Crippen LogP contribution in [0.3, 0.4) is 0 Å². The van der Waals surface area contributed by atoms with Crippen LogP contribution in [0.15, 0.2) is 24.3 Å². The Morgan fingerprint density at radius 1 is 1.10 bits per heavy atom. The molecule has 0 bridgehead atoms. The van der Waals surface area contributed by atoms with E-state index >= 15 is 0 Å². The first-order valence-corrected chi connectivity index (χ1v) is 10.8. The number of urea groups is 1. The molecule has 2 aliphatic heterocycles. The van der Waals surface area contributed by atoms with E-state index in [1.54, 1.807) is 0 Å². The molecule has 160 valence electrons. The van der Waals surface area contributed by atoms with Gasteiger partial charge in [0.2, 0.25) is 0 Å². The number of rotatable bonds is 6. The van der Waals surface area contributed by atoms with Crippen LogP contribution in [-0.4, -0.2) is 84.2 Å². The average Bonchev–Trinajstić information content (AvgIpc) is 2.73. The van der Waals surface area contributed by atoms with E-state index in [9.17, 15) is 14.7 Å². The van der Waals surface area contributed by atoms with E-state index in [1.807, 2.05) is 29.2 Å². The van der Waals surface area contributed by atoms with Gasteiger partial charge in [-0.3, -0.25) is 9.69 Å². The lowest BCUT2D eigenvalue weighted by Crippen LogP contribution is -2.57. The van der Waals surface area contributed by atoms with Gasteiger partial charge in [-0.25, -0.2) is 4.79 Å². The van der Waals surface area contributed by atoms with E-state index < -0.39 is 5.97 Å². The van der Waals surface area contributed by atoms with Crippen molar-refractivity contribution in [3.63, 3.8) is 0 Å². The molecule has 7 nitrogen and oxygen atoms in total. The van der Waals surface area contributed by atoms with Crippen LogP contribution in [-0.2, 0) is 11.2 Å². The average molecular weight is 403 g/mol. The van der Waals surface area contributed by atoms with Crippen molar-refractivity contribution < 1.29 is 14.7 Å². The molecule has 2 atom stereocenters. The van der Waals surface area contributed by atoms with Crippen LogP contribution in [0.25, 0.3) is 0 Å². The Bertz CT molecular complexity index is 686. The molecule has 1 aromatic rings. The number of carboxylic acid groups (broad SMARTS) is 1. The summed E-state index contributed by atoms with van der Waals surface area (Å²) in [6.45, 7) is 7.54. The van der Waals surface area contributed by atoms with E-state index in [2.05, 4.69) is 29.1 Å². The number of carboxylic acids is 1. The van der Waals surface area contributed by atoms with E-state index in [0.717, 1.165) is 44.7 Å². The summed E-state index contributed by atoms with van der Waals surface area (Å²) in [7, 11) is 2.14. The molecule has 2 N–H and O–H groups in total.